The molecule has 0 spiro atoms. The number of hydrogen-bond donors (Lipinski definition) is 0. The second-order valence-corrected chi connectivity index (χ2v) is 7.14. The van der Waals surface area contributed by atoms with E-state index in [1.165, 1.54) is 0 Å². The summed E-state index contributed by atoms with van der Waals surface area (Å²) in [6.45, 7) is -8.35. The maximum absolute atomic E-state index is 8.81. The molecule has 1 saturated heterocycles. The highest BCUT2D eigenvalue weighted by molar-refractivity contribution is 6.62. The van der Waals surface area contributed by atoms with Crippen molar-refractivity contribution >= 4 is 12.6 Å². The maximum Gasteiger partial charge on any atom is 0.494 e. The summed E-state index contributed by atoms with van der Waals surface area (Å²) in [7, 11) is -1.24. The fourth-order valence-corrected chi connectivity index (χ4v) is 2.65. The van der Waals surface area contributed by atoms with Crippen LogP contribution in [0.1, 0.15) is 101 Å². The first-order valence-electron chi connectivity index (χ1n) is 15.4. The van der Waals surface area contributed by atoms with Crippen molar-refractivity contribution in [3.63, 3.8) is 0 Å². The van der Waals surface area contributed by atoms with Gasteiger partial charge in [0.05, 0.1) is 11.2 Å². The van der Waals surface area contributed by atoms with Crippen molar-refractivity contribution in [1.82, 2.24) is 0 Å². The molecule has 0 aromatic heterocycles. The maximum atomic E-state index is 8.81. The third-order valence-corrected chi connectivity index (χ3v) is 4.81. The van der Waals surface area contributed by atoms with Gasteiger partial charge in [0.2, 0.25) is 0 Å². The van der Waals surface area contributed by atoms with Crippen LogP contribution in [-0.4, -0.2) is 18.3 Å². The Morgan fingerprint density at radius 1 is 0.913 bits per heavy atom. The van der Waals surface area contributed by atoms with E-state index < -0.39 is 80.4 Å². The molecule has 1 heterocycles. The minimum absolute atomic E-state index is 0.0199. The quantitative estimate of drug-likeness (QED) is 0.713. The number of fused-ring (bicyclic) bond motifs is 1. The van der Waals surface area contributed by atoms with Crippen LogP contribution < -0.4 is 5.46 Å². The number of benzene rings is 1. The van der Waals surface area contributed by atoms with Crippen LogP contribution in [0.2, 0.25) is 0 Å². The molecule has 0 amide bonds. The molecule has 1 fully saturated rings. The molecule has 0 radical (unpaired) electrons. The van der Waals surface area contributed by atoms with Gasteiger partial charge in [-0.05, 0) is 67.9 Å². The van der Waals surface area contributed by atoms with Gasteiger partial charge in [-0.3, -0.25) is 0 Å². The van der Waals surface area contributed by atoms with Crippen molar-refractivity contribution in [2.45, 2.75) is 89.9 Å². The van der Waals surface area contributed by atoms with Crippen molar-refractivity contribution in [2.24, 2.45) is 0 Å². The van der Waals surface area contributed by atoms with E-state index >= 15 is 0 Å². The SMILES string of the molecule is [2H]C([2H])([2H])C1(C([2H])([2H])[2H])c2ccc(B3OC(C)(C)C(C)(C)O3)cc2C(C([2H])([2H])[2H])(C([2H])([2H])[2H])C([2H])([2H])C1([2H])[2H]. The Hall–Kier alpha value is -0.795. The topological polar surface area (TPSA) is 18.5 Å². The number of hydrogen-bond acceptors (Lipinski definition) is 2. The van der Waals surface area contributed by atoms with E-state index in [0.29, 0.717) is 0 Å². The molecule has 3 heteroatoms. The summed E-state index contributed by atoms with van der Waals surface area (Å²) in [5.74, 6) is 0. The smallest absolute Gasteiger partial charge is 0.399 e. The lowest BCUT2D eigenvalue weighted by Crippen LogP contribution is -2.41. The van der Waals surface area contributed by atoms with Crippen molar-refractivity contribution in [3.8, 4) is 0 Å². The van der Waals surface area contributed by atoms with E-state index in [9.17, 15) is 0 Å². The first-order valence-corrected chi connectivity index (χ1v) is 7.41. The minimum Gasteiger partial charge on any atom is -0.399 e. The van der Waals surface area contributed by atoms with Crippen LogP contribution in [0, 0.1) is 0 Å². The molecule has 126 valence electrons. The standard InChI is InChI=1S/C20H31BO2/c1-17(2)11-12-18(3,4)16-13-14(9-10-15(16)17)21-22-19(5,6)20(7,8)23-21/h9-10,13H,11-12H2,1-8H3/i1D3,2D3,3D3,4D3,11D2,12D2. The van der Waals surface area contributed by atoms with Gasteiger partial charge in [-0.1, -0.05) is 45.6 Å². The van der Waals surface area contributed by atoms with Crippen LogP contribution in [0.3, 0.4) is 0 Å². The first-order chi connectivity index (χ1) is 16.9. The van der Waals surface area contributed by atoms with Crippen molar-refractivity contribution in [3.05, 3.63) is 29.3 Å². The normalized spacial score (nSPS) is 43.7. The summed E-state index contributed by atoms with van der Waals surface area (Å²) in [5.41, 5.74) is -11.1. The third kappa shape index (κ3) is 2.66. The summed E-state index contributed by atoms with van der Waals surface area (Å²) in [6, 6.07) is 2.90. The van der Waals surface area contributed by atoms with Crippen LogP contribution in [0.25, 0.3) is 0 Å². The molecule has 2 aliphatic rings. The molecule has 3 rings (SSSR count). The summed E-state index contributed by atoms with van der Waals surface area (Å²) < 4.78 is 146. The average molecular weight is 330 g/mol. The Morgan fingerprint density at radius 2 is 1.43 bits per heavy atom. The van der Waals surface area contributed by atoms with Gasteiger partial charge in [-0.15, -0.1) is 0 Å². The Bertz CT molecular complexity index is 1100. The number of rotatable bonds is 1. The van der Waals surface area contributed by atoms with Gasteiger partial charge in [0, 0.05) is 21.9 Å². The van der Waals surface area contributed by atoms with Gasteiger partial charge in [0.15, 0.2) is 0 Å². The zero-order valence-corrected chi connectivity index (χ0v) is 13.6. The first kappa shape index (κ1) is 6.18. The Kier molecular flexibility index (Phi) is 1.31. The lowest BCUT2D eigenvalue weighted by molar-refractivity contribution is 0.00578. The molecule has 1 aromatic carbocycles. The molecular formula is C20H31BO2. The summed E-state index contributed by atoms with van der Waals surface area (Å²) in [6.07, 6.45) is -8.14. The van der Waals surface area contributed by atoms with Crippen molar-refractivity contribution < 1.29 is 31.2 Å². The predicted molar refractivity (Wildman–Crippen MR) is 97.4 cm³/mol. The predicted octanol–water partition coefficient (Wildman–Crippen LogP) is 4.33. The second kappa shape index (κ2) is 4.86. The molecule has 0 atom stereocenters. The molecule has 0 unspecified atom stereocenters. The lowest BCUT2D eigenvalue weighted by atomic mass is 9.61. The summed E-state index contributed by atoms with van der Waals surface area (Å²) in [4.78, 5) is 0. The second-order valence-electron chi connectivity index (χ2n) is 7.14. The summed E-state index contributed by atoms with van der Waals surface area (Å²) in [5, 5.41) is 0. The third-order valence-electron chi connectivity index (χ3n) is 4.81. The van der Waals surface area contributed by atoms with E-state index in [4.69, 9.17) is 31.2 Å². The Balaban J connectivity index is 2.65. The molecule has 0 N–H and O–H groups in total. The van der Waals surface area contributed by atoms with Crippen LogP contribution in [-0.2, 0) is 20.1 Å². The van der Waals surface area contributed by atoms with Gasteiger partial charge < -0.3 is 9.31 Å². The molecule has 0 saturated carbocycles. The molecular weight excluding hydrogens is 283 g/mol. The van der Waals surface area contributed by atoms with Crippen LogP contribution in [0.5, 0.6) is 0 Å². The van der Waals surface area contributed by atoms with Crippen LogP contribution >= 0.6 is 0 Å². The molecule has 23 heavy (non-hydrogen) atoms. The highest BCUT2D eigenvalue weighted by atomic mass is 16.7. The molecule has 1 aromatic rings. The van der Waals surface area contributed by atoms with Gasteiger partial charge >= 0.3 is 7.12 Å². The van der Waals surface area contributed by atoms with E-state index in [1.54, 1.807) is 27.7 Å². The van der Waals surface area contributed by atoms with Crippen LogP contribution in [0.15, 0.2) is 18.2 Å². The molecule has 0 bridgehead atoms. The fraction of sp³-hybridized carbons (Fsp3) is 0.700. The van der Waals surface area contributed by atoms with E-state index in [-0.39, 0.29) is 5.46 Å². The molecule has 1 aliphatic carbocycles. The van der Waals surface area contributed by atoms with Crippen molar-refractivity contribution in [1.29, 1.82) is 0 Å². The average Bonchev–Trinajstić information content (AvgIpc) is 2.85. The van der Waals surface area contributed by atoms with Gasteiger partial charge in [-0.2, -0.15) is 0 Å². The van der Waals surface area contributed by atoms with E-state index in [1.807, 2.05) is 0 Å². The van der Waals surface area contributed by atoms with Gasteiger partial charge in [-0.25, -0.2) is 0 Å². The zero-order valence-electron chi connectivity index (χ0n) is 29.6. The zero-order chi connectivity index (χ0) is 30.8. The van der Waals surface area contributed by atoms with E-state index in [0.717, 1.165) is 18.2 Å². The monoisotopic (exact) mass is 330 g/mol. The highest BCUT2D eigenvalue weighted by Crippen LogP contribution is 2.45. The lowest BCUT2D eigenvalue weighted by Gasteiger charge is -2.42. The van der Waals surface area contributed by atoms with Gasteiger partial charge in [0.1, 0.15) is 0 Å². The molecule has 1 aliphatic heterocycles. The minimum atomic E-state index is -4.08. The Morgan fingerprint density at radius 3 is 1.96 bits per heavy atom. The summed E-state index contributed by atoms with van der Waals surface area (Å²) >= 11 is 0. The van der Waals surface area contributed by atoms with Crippen molar-refractivity contribution in [2.75, 3.05) is 0 Å². The van der Waals surface area contributed by atoms with E-state index in [2.05, 4.69) is 0 Å². The van der Waals surface area contributed by atoms with Gasteiger partial charge in [0.25, 0.3) is 0 Å². The fourth-order valence-electron chi connectivity index (χ4n) is 2.65. The highest BCUT2D eigenvalue weighted by Gasteiger charge is 2.52. The Labute approximate surface area is 164 Å². The van der Waals surface area contributed by atoms with Crippen LogP contribution in [0.4, 0.5) is 0 Å². The molecule has 2 nitrogen and oxygen atoms in total. The largest absolute Gasteiger partial charge is 0.494 e.